The second-order valence-electron chi connectivity index (χ2n) is 6.80. The van der Waals surface area contributed by atoms with E-state index in [4.69, 9.17) is 5.11 Å². The first kappa shape index (κ1) is 13.2. The molecule has 0 bridgehead atoms. The Kier molecular flexibility index (Phi) is 3.96. The number of carbonyl (C=O) groups is 1. The SMILES string of the molecule is O=C(O)NC1CCC(N(CC2CC2)CC2CC2)CC1. The molecule has 0 heterocycles. The molecule has 3 aliphatic carbocycles. The van der Waals surface area contributed by atoms with E-state index in [1.54, 1.807) is 0 Å². The van der Waals surface area contributed by atoms with Crippen LogP contribution in [0.2, 0.25) is 0 Å². The summed E-state index contributed by atoms with van der Waals surface area (Å²) in [5, 5.41) is 11.4. The minimum atomic E-state index is -0.865. The highest BCUT2D eigenvalue weighted by atomic mass is 16.4. The van der Waals surface area contributed by atoms with Gasteiger partial charge in [-0.2, -0.15) is 0 Å². The third-order valence-electron chi connectivity index (χ3n) is 4.92. The van der Waals surface area contributed by atoms with Crippen molar-refractivity contribution in [3.05, 3.63) is 0 Å². The molecule has 0 radical (unpaired) electrons. The summed E-state index contributed by atoms with van der Waals surface area (Å²) in [5.41, 5.74) is 0. The maximum absolute atomic E-state index is 10.7. The lowest BCUT2D eigenvalue weighted by molar-refractivity contribution is 0.129. The molecule has 1 amide bonds. The first-order valence-corrected chi connectivity index (χ1v) is 7.94. The molecule has 0 atom stereocenters. The van der Waals surface area contributed by atoms with Crippen LogP contribution in [0.5, 0.6) is 0 Å². The number of hydrogen-bond donors (Lipinski definition) is 2. The molecule has 0 unspecified atom stereocenters. The van der Waals surface area contributed by atoms with Crippen LogP contribution in [0, 0.1) is 11.8 Å². The van der Waals surface area contributed by atoms with Gasteiger partial charge in [-0.15, -0.1) is 0 Å². The molecule has 0 aromatic rings. The zero-order valence-corrected chi connectivity index (χ0v) is 11.7. The van der Waals surface area contributed by atoms with Gasteiger partial charge in [-0.25, -0.2) is 4.79 Å². The van der Waals surface area contributed by atoms with E-state index in [-0.39, 0.29) is 6.04 Å². The monoisotopic (exact) mass is 266 g/mol. The summed E-state index contributed by atoms with van der Waals surface area (Å²) in [5.74, 6) is 1.93. The average molecular weight is 266 g/mol. The lowest BCUT2D eigenvalue weighted by Gasteiger charge is -2.37. The molecule has 108 valence electrons. The van der Waals surface area contributed by atoms with E-state index in [9.17, 15) is 4.79 Å². The van der Waals surface area contributed by atoms with E-state index in [1.165, 1.54) is 51.6 Å². The highest BCUT2D eigenvalue weighted by molar-refractivity contribution is 5.64. The quantitative estimate of drug-likeness (QED) is 0.777. The van der Waals surface area contributed by atoms with Gasteiger partial charge in [0.05, 0.1) is 0 Å². The molecular formula is C15H26N2O2. The molecule has 0 aliphatic heterocycles. The van der Waals surface area contributed by atoms with Crippen LogP contribution in [-0.4, -0.2) is 41.3 Å². The zero-order chi connectivity index (χ0) is 13.2. The Morgan fingerprint density at radius 3 is 1.89 bits per heavy atom. The lowest BCUT2D eigenvalue weighted by Crippen LogP contribution is -2.45. The Balaban J connectivity index is 1.47. The van der Waals surface area contributed by atoms with E-state index < -0.39 is 6.09 Å². The number of nitrogens with zero attached hydrogens (tertiary/aromatic N) is 1. The molecule has 4 heteroatoms. The predicted octanol–water partition coefficient (Wildman–Crippen LogP) is 2.69. The van der Waals surface area contributed by atoms with Crippen molar-refractivity contribution >= 4 is 6.09 Å². The molecule has 3 fully saturated rings. The van der Waals surface area contributed by atoms with E-state index in [0.29, 0.717) is 6.04 Å². The maximum atomic E-state index is 10.7. The van der Waals surface area contributed by atoms with E-state index in [1.807, 2.05) is 0 Å². The van der Waals surface area contributed by atoms with Crippen molar-refractivity contribution in [3.63, 3.8) is 0 Å². The van der Waals surface area contributed by atoms with Crippen LogP contribution in [0.25, 0.3) is 0 Å². The molecule has 0 aromatic heterocycles. The summed E-state index contributed by atoms with van der Waals surface area (Å²) in [6.45, 7) is 2.61. The summed E-state index contributed by atoms with van der Waals surface area (Å²) in [7, 11) is 0. The van der Waals surface area contributed by atoms with Crippen LogP contribution in [-0.2, 0) is 0 Å². The van der Waals surface area contributed by atoms with E-state index >= 15 is 0 Å². The molecule has 0 aromatic carbocycles. The number of nitrogens with one attached hydrogen (secondary N) is 1. The van der Waals surface area contributed by atoms with Crippen molar-refractivity contribution < 1.29 is 9.90 Å². The fourth-order valence-electron chi connectivity index (χ4n) is 3.40. The van der Waals surface area contributed by atoms with Crippen molar-refractivity contribution in [2.75, 3.05) is 13.1 Å². The largest absolute Gasteiger partial charge is 0.465 e. The summed E-state index contributed by atoms with van der Waals surface area (Å²) in [4.78, 5) is 13.4. The van der Waals surface area contributed by atoms with Gasteiger partial charge in [-0.05, 0) is 63.2 Å². The fraction of sp³-hybridized carbons (Fsp3) is 0.933. The topological polar surface area (TPSA) is 52.6 Å². The van der Waals surface area contributed by atoms with Crippen molar-refractivity contribution in [2.45, 2.75) is 63.5 Å². The first-order valence-electron chi connectivity index (χ1n) is 7.94. The number of rotatable bonds is 6. The minimum absolute atomic E-state index is 0.192. The maximum Gasteiger partial charge on any atom is 0.404 e. The van der Waals surface area contributed by atoms with Gasteiger partial charge in [0, 0.05) is 25.2 Å². The Hall–Kier alpha value is -0.770. The van der Waals surface area contributed by atoms with Crippen LogP contribution in [0.1, 0.15) is 51.4 Å². The van der Waals surface area contributed by atoms with Gasteiger partial charge in [0.15, 0.2) is 0 Å². The average Bonchev–Trinajstić information content (AvgIpc) is 3.23. The molecule has 4 nitrogen and oxygen atoms in total. The van der Waals surface area contributed by atoms with Crippen molar-refractivity contribution in [3.8, 4) is 0 Å². The van der Waals surface area contributed by atoms with Gasteiger partial charge < -0.3 is 10.4 Å². The van der Waals surface area contributed by atoms with Crippen molar-refractivity contribution in [1.29, 1.82) is 0 Å². The lowest BCUT2D eigenvalue weighted by atomic mass is 9.90. The van der Waals surface area contributed by atoms with Crippen molar-refractivity contribution in [2.24, 2.45) is 11.8 Å². The summed E-state index contributed by atoms with van der Waals surface area (Å²) < 4.78 is 0. The Labute approximate surface area is 115 Å². The van der Waals surface area contributed by atoms with Crippen LogP contribution in [0.3, 0.4) is 0 Å². The third-order valence-corrected chi connectivity index (χ3v) is 4.92. The second-order valence-corrected chi connectivity index (χ2v) is 6.80. The summed E-state index contributed by atoms with van der Waals surface area (Å²) in [6, 6.07) is 0.908. The third kappa shape index (κ3) is 4.10. The summed E-state index contributed by atoms with van der Waals surface area (Å²) >= 11 is 0. The number of hydrogen-bond acceptors (Lipinski definition) is 2. The number of carboxylic acid groups (broad SMARTS) is 1. The van der Waals surface area contributed by atoms with Gasteiger partial charge in [0.25, 0.3) is 0 Å². The standard InChI is InChI=1S/C15H26N2O2/c18-15(19)16-13-5-7-14(8-6-13)17(9-11-1-2-11)10-12-3-4-12/h11-14,16H,1-10H2,(H,18,19). The van der Waals surface area contributed by atoms with Gasteiger partial charge in [0.2, 0.25) is 0 Å². The highest BCUT2D eigenvalue weighted by Crippen LogP contribution is 2.36. The Morgan fingerprint density at radius 2 is 1.47 bits per heavy atom. The summed E-state index contributed by atoms with van der Waals surface area (Å²) in [6.07, 6.45) is 9.22. The Morgan fingerprint density at radius 1 is 0.947 bits per heavy atom. The zero-order valence-electron chi connectivity index (χ0n) is 11.7. The molecule has 3 rings (SSSR count). The van der Waals surface area contributed by atoms with Crippen LogP contribution >= 0.6 is 0 Å². The molecule has 3 saturated carbocycles. The normalized spacial score (nSPS) is 31.4. The smallest absolute Gasteiger partial charge is 0.404 e. The fourth-order valence-corrected chi connectivity index (χ4v) is 3.40. The predicted molar refractivity (Wildman–Crippen MR) is 74.2 cm³/mol. The highest BCUT2D eigenvalue weighted by Gasteiger charge is 2.34. The van der Waals surface area contributed by atoms with Crippen LogP contribution < -0.4 is 5.32 Å². The molecule has 19 heavy (non-hydrogen) atoms. The molecule has 0 spiro atoms. The number of amides is 1. The molecule has 3 aliphatic rings. The second kappa shape index (κ2) is 5.70. The van der Waals surface area contributed by atoms with Crippen LogP contribution in [0.4, 0.5) is 4.79 Å². The first-order chi connectivity index (χ1) is 9.20. The molecule has 2 N–H and O–H groups in total. The minimum Gasteiger partial charge on any atom is -0.465 e. The van der Waals surface area contributed by atoms with Gasteiger partial charge in [0.1, 0.15) is 0 Å². The van der Waals surface area contributed by atoms with E-state index in [2.05, 4.69) is 10.2 Å². The van der Waals surface area contributed by atoms with Gasteiger partial charge in [-0.3, -0.25) is 4.90 Å². The van der Waals surface area contributed by atoms with Crippen molar-refractivity contribution in [1.82, 2.24) is 10.2 Å². The van der Waals surface area contributed by atoms with E-state index in [0.717, 1.165) is 24.7 Å². The Bertz CT molecular complexity index is 304. The van der Waals surface area contributed by atoms with Gasteiger partial charge >= 0.3 is 6.09 Å². The van der Waals surface area contributed by atoms with Crippen LogP contribution in [0.15, 0.2) is 0 Å². The molecule has 0 saturated heterocycles. The van der Waals surface area contributed by atoms with Gasteiger partial charge in [-0.1, -0.05) is 0 Å². The molecular weight excluding hydrogens is 240 g/mol.